The van der Waals surface area contributed by atoms with Gasteiger partial charge in [-0.1, -0.05) is 12.1 Å². The number of hydrogen-bond acceptors (Lipinski definition) is 4. The molecule has 1 unspecified atom stereocenters. The van der Waals surface area contributed by atoms with Crippen LogP contribution < -0.4 is 5.32 Å². The Morgan fingerprint density at radius 2 is 1.63 bits per heavy atom. The summed E-state index contributed by atoms with van der Waals surface area (Å²) in [5.74, 6) is -0.377. The molecule has 158 valence electrons. The van der Waals surface area contributed by atoms with E-state index in [4.69, 9.17) is 0 Å². The van der Waals surface area contributed by atoms with E-state index in [9.17, 15) is 26.4 Å². The van der Waals surface area contributed by atoms with Gasteiger partial charge in [-0.2, -0.15) is 18.3 Å². The van der Waals surface area contributed by atoms with Gasteiger partial charge < -0.3 is 5.32 Å². The number of carbonyl (C=O) groups excluding carboxylic acids is 1. The van der Waals surface area contributed by atoms with Crippen molar-refractivity contribution < 1.29 is 26.4 Å². The van der Waals surface area contributed by atoms with Gasteiger partial charge in [-0.05, 0) is 55.0 Å². The van der Waals surface area contributed by atoms with Crippen LogP contribution in [0.3, 0.4) is 0 Å². The monoisotopic (exact) mass is 437 g/mol. The summed E-state index contributed by atoms with van der Waals surface area (Å²) in [6.07, 6.45) is -2.22. The lowest BCUT2D eigenvalue weighted by atomic mass is 10.1. The van der Waals surface area contributed by atoms with Crippen LogP contribution in [0.25, 0.3) is 5.69 Å². The summed E-state index contributed by atoms with van der Waals surface area (Å²) >= 11 is 0. The molecule has 1 heterocycles. The molecule has 0 saturated heterocycles. The largest absolute Gasteiger partial charge is 0.435 e. The molecular formula is C20H18F3N3O3S. The molecule has 30 heavy (non-hydrogen) atoms. The minimum Gasteiger partial charge on any atom is -0.346 e. The van der Waals surface area contributed by atoms with Gasteiger partial charge in [0.2, 0.25) is 0 Å². The number of benzene rings is 2. The summed E-state index contributed by atoms with van der Waals surface area (Å²) in [4.78, 5) is 12.6. The highest BCUT2D eigenvalue weighted by Gasteiger charge is 2.33. The van der Waals surface area contributed by atoms with Crippen molar-refractivity contribution in [3.63, 3.8) is 0 Å². The van der Waals surface area contributed by atoms with Gasteiger partial charge >= 0.3 is 6.18 Å². The van der Waals surface area contributed by atoms with E-state index in [0.717, 1.165) is 22.6 Å². The van der Waals surface area contributed by atoms with Crippen LogP contribution in [0.4, 0.5) is 13.2 Å². The highest BCUT2D eigenvalue weighted by Crippen LogP contribution is 2.28. The fourth-order valence-corrected chi connectivity index (χ4v) is 3.38. The van der Waals surface area contributed by atoms with Gasteiger partial charge in [0.05, 0.1) is 16.6 Å². The molecule has 0 radical (unpaired) electrons. The number of nitrogens with one attached hydrogen (secondary N) is 1. The van der Waals surface area contributed by atoms with Gasteiger partial charge in [0.15, 0.2) is 15.5 Å². The van der Waals surface area contributed by atoms with Crippen LogP contribution in [0, 0.1) is 0 Å². The lowest BCUT2D eigenvalue weighted by molar-refractivity contribution is -0.141. The maximum absolute atomic E-state index is 12.7. The van der Waals surface area contributed by atoms with Crippen LogP contribution in [-0.2, 0) is 16.0 Å². The fraction of sp³-hybridized carbons (Fsp3) is 0.200. The van der Waals surface area contributed by atoms with E-state index in [1.807, 2.05) is 0 Å². The Hall–Kier alpha value is -3.14. The number of alkyl halides is 3. The Morgan fingerprint density at radius 1 is 1.03 bits per heavy atom. The molecule has 0 bridgehead atoms. The molecule has 0 spiro atoms. The second-order valence-corrected chi connectivity index (χ2v) is 8.74. The SMILES string of the molecule is CC(NC(=O)c1ccc(-n2ccc(C(F)(F)F)n2)cc1)c1ccc(S(C)(=O)=O)cc1. The third-order valence-electron chi connectivity index (χ3n) is 4.43. The van der Waals surface area contributed by atoms with Crippen molar-refractivity contribution in [2.24, 2.45) is 0 Å². The van der Waals surface area contributed by atoms with E-state index < -0.39 is 21.7 Å². The molecule has 0 aliphatic heterocycles. The second-order valence-electron chi connectivity index (χ2n) is 6.73. The predicted octanol–water partition coefficient (Wildman–Crippen LogP) is 3.79. The molecule has 0 saturated carbocycles. The van der Waals surface area contributed by atoms with E-state index in [1.54, 1.807) is 19.1 Å². The van der Waals surface area contributed by atoms with Gasteiger partial charge in [0, 0.05) is 18.0 Å². The highest BCUT2D eigenvalue weighted by atomic mass is 32.2. The molecular weight excluding hydrogens is 419 g/mol. The molecule has 6 nitrogen and oxygen atoms in total. The maximum atomic E-state index is 12.7. The molecule has 0 aliphatic carbocycles. The first kappa shape index (κ1) is 21.6. The van der Waals surface area contributed by atoms with Crippen molar-refractivity contribution in [1.29, 1.82) is 0 Å². The molecule has 1 atom stereocenters. The number of halogens is 3. The van der Waals surface area contributed by atoms with Crippen molar-refractivity contribution in [2.75, 3.05) is 6.26 Å². The predicted molar refractivity (Wildman–Crippen MR) is 104 cm³/mol. The summed E-state index contributed by atoms with van der Waals surface area (Å²) in [6, 6.07) is 12.6. The van der Waals surface area contributed by atoms with Gasteiger partial charge in [-0.3, -0.25) is 4.79 Å². The first-order valence-electron chi connectivity index (χ1n) is 8.79. The Labute approximate surface area is 171 Å². The first-order chi connectivity index (χ1) is 13.9. The van der Waals surface area contributed by atoms with Gasteiger partial charge in [0.1, 0.15) is 0 Å². The van der Waals surface area contributed by atoms with Crippen LogP contribution in [0.15, 0.2) is 65.7 Å². The van der Waals surface area contributed by atoms with Gasteiger partial charge in [-0.15, -0.1) is 0 Å². The van der Waals surface area contributed by atoms with Crippen LogP contribution in [0.2, 0.25) is 0 Å². The summed E-state index contributed by atoms with van der Waals surface area (Å²) in [5.41, 5.74) is 0.427. The Morgan fingerprint density at radius 3 is 2.13 bits per heavy atom. The first-order valence-corrected chi connectivity index (χ1v) is 10.7. The topological polar surface area (TPSA) is 81.1 Å². The number of carbonyl (C=O) groups is 1. The van der Waals surface area contributed by atoms with Crippen LogP contribution in [0.1, 0.15) is 34.6 Å². The van der Waals surface area contributed by atoms with E-state index in [1.165, 1.54) is 42.6 Å². The quantitative estimate of drug-likeness (QED) is 0.659. The molecule has 1 amide bonds. The third kappa shape index (κ3) is 4.88. The molecule has 1 aromatic heterocycles. The van der Waals surface area contributed by atoms with E-state index >= 15 is 0 Å². The molecule has 3 rings (SSSR count). The average Bonchev–Trinajstić information content (AvgIpc) is 3.18. The molecule has 0 aliphatic rings. The van der Waals surface area contributed by atoms with Crippen molar-refractivity contribution >= 4 is 15.7 Å². The number of amides is 1. The van der Waals surface area contributed by atoms with Crippen LogP contribution in [-0.4, -0.2) is 30.4 Å². The van der Waals surface area contributed by atoms with Gasteiger partial charge in [-0.25, -0.2) is 13.1 Å². The van der Waals surface area contributed by atoms with E-state index in [2.05, 4.69) is 10.4 Å². The standard InChI is InChI=1S/C20H18F3N3O3S/c1-13(14-5-9-17(10-6-14)30(2,28)29)24-19(27)15-3-7-16(8-4-15)26-12-11-18(25-26)20(21,22)23/h3-13H,1-2H3,(H,24,27). The molecule has 1 N–H and O–H groups in total. The van der Waals surface area contributed by atoms with Crippen LogP contribution >= 0.6 is 0 Å². The number of rotatable bonds is 5. The molecule has 2 aromatic carbocycles. The summed E-state index contributed by atoms with van der Waals surface area (Å²) < 4.78 is 62.1. The number of aromatic nitrogens is 2. The Balaban J connectivity index is 1.69. The summed E-state index contributed by atoms with van der Waals surface area (Å²) in [6.45, 7) is 1.75. The Bertz CT molecular complexity index is 1150. The normalized spacial score (nSPS) is 13.1. The maximum Gasteiger partial charge on any atom is 0.435 e. The number of hydrogen-bond donors (Lipinski definition) is 1. The zero-order chi connectivity index (χ0) is 22.1. The minimum atomic E-state index is -4.53. The average molecular weight is 437 g/mol. The second kappa shape index (κ2) is 7.94. The van der Waals surface area contributed by atoms with Crippen molar-refractivity contribution in [1.82, 2.24) is 15.1 Å². The van der Waals surface area contributed by atoms with Gasteiger partial charge in [0.25, 0.3) is 5.91 Å². The van der Waals surface area contributed by atoms with Crippen molar-refractivity contribution in [3.05, 3.63) is 77.6 Å². The third-order valence-corrected chi connectivity index (χ3v) is 5.56. The zero-order valence-electron chi connectivity index (χ0n) is 16.0. The minimum absolute atomic E-state index is 0.188. The van der Waals surface area contributed by atoms with Crippen molar-refractivity contribution in [3.8, 4) is 5.69 Å². The lowest BCUT2D eigenvalue weighted by Crippen LogP contribution is -2.26. The smallest absolute Gasteiger partial charge is 0.346 e. The van der Waals surface area contributed by atoms with E-state index in [0.29, 0.717) is 11.3 Å². The van der Waals surface area contributed by atoms with Crippen molar-refractivity contribution in [2.45, 2.75) is 24.0 Å². The number of sulfone groups is 1. The molecule has 0 fully saturated rings. The van der Waals surface area contributed by atoms with Crippen LogP contribution in [0.5, 0.6) is 0 Å². The molecule has 3 aromatic rings. The highest BCUT2D eigenvalue weighted by molar-refractivity contribution is 7.90. The number of nitrogens with zero attached hydrogens (tertiary/aromatic N) is 2. The fourth-order valence-electron chi connectivity index (χ4n) is 2.75. The Kier molecular flexibility index (Phi) is 5.71. The zero-order valence-corrected chi connectivity index (χ0v) is 16.8. The van der Waals surface area contributed by atoms with E-state index in [-0.39, 0.29) is 16.8 Å². The summed E-state index contributed by atoms with van der Waals surface area (Å²) in [5, 5.41) is 6.28. The lowest BCUT2D eigenvalue weighted by Gasteiger charge is -2.15. The molecule has 10 heteroatoms. The summed E-state index contributed by atoms with van der Waals surface area (Å²) in [7, 11) is -3.30.